The van der Waals surface area contributed by atoms with Gasteiger partial charge in [0.15, 0.2) is 0 Å². The standard InChI is InChI=1S/C15H18N4O/c16-8-2-10-19(11-3-9-17)15(20)7-6-13-4-1-5-14(18)12-13/h1,4-5,12H,2-3,6-7,10-11,18H2. The minimum atomic E-state index is -0.0297. The first-order chi connectivity index (χ1) is 9.67. The van der Waals surface area contributed by atoms with Gasteiger partial charge >= 0.3 is 0 Å². The maximum atomic E-state index is 12.1. The van der Waals surface area contributed by atoms with Crippen molar-refractivity contribution >= 4 is 11.6 Å². The van der Waals surface area contributed by atoms with Gasteiger partial charge in [-0.25, -0.2) is 0 Å². The highest BCUT2D eigenvalue weighted by atomic mass is 16.2. The van der Waals surface area contributed by atoms with Gasteiger partial charge in [0.2, 0.25) is 5.91 Å². The van der Waals surface area contributed by atoms with E-state index in [1.54, 1.807) is 11.0 Å². The maximum absolute atomic E-state index is 12.1. The molecule has 0 spiro atoms. The number of aryl methyl sites for hydroxylation is 1. The average molecular weight is 270 g/mol. The summed E-state index contributed by atoms with van der Waals surface area (Å²) in [4.78, 5) is 13.7. The first-order valence-corrected chi connectivity index (χ1v) is 6.53. The molecule has 1 rings (SSSR count). The fourth-order valence-corrected chi connectivity index (χ4v) is 1.89. The van der Waals surface area contributed by atoms with E-state index in [9.17, 15) is 4.79 Å². The number of rotatable bonds is 7. The van der Waals surface area contributed by atoms with Gasteiger partial charge in [-0.1, -0.05) is 12.1 Å². The van der Waals surface area contributed by atoms with Crippen LogP contribution in [0.5, 0.6) is 0 Å². The Morgan fingerprint density at radius 1 is 1.20 bits per heavy atom. The summed E-state index contributed by atoms with van der Waals surface area (Å²) in [6.45, 7) is 0.766. The van der Waals surface area contributed by atoms with E-state index in [0.29, 0.717) is 31.6 Å². The molecule has 0 bridgehead atoms. The first kappa shape index (κ1) is 15.5. The molecule has 0 saturated carbocycles. The fourth-order valence-electron chi connectivity index (χ4n) is 1.89. The highest BCUT2D eigenvalue weighted by molar-refractivity contribution is 5.76. The van der Waals surface area contributed by atoms with Gasteiger partial charge in [-0.05, 0) is 24.1 Å². The molecule has 1 aromatic rings. The number of nitrogen functional groups attached to an aromatic ring is 1. The molecular weight excluding hydrogens is 252 g/mol. The van der Waals surface area contributed by atoms with Crippen LogP contribution in [0.4, 0.5) is 5.69 Å². The topological polar surface area (TPSA) is 93.9 Å². The Bertz CT molecular complexity index is 509. The lowest BCUT2D eigenvalue weighted by atomic mass is 10.1. The third kappa shape index (κ3) is 5.41. The van der Waals surface area contributed by atoms with Crippen LogP contribution in [0.15, 0.2) is 24.3 Å². The molecule has 5 heteroatoms. The van der Waals surface area contributed by atoms with Crippen molar-refractivity contribution in [2.24, 2.45) is 0 Å². The van der Waals surface area contributed by atoms with Crippen LogP contribution in [-0.2, 0) is 11.2 Å². The van der Waals surface area contributed by atoms with E-state index in [1.807, 2.05) is 30.3 Å². The number of carbonyl (C=O) groups is 1. The molecule has 0 saturated heterocycles. The zero-order valence-electron chi connectivity index (χ0n) is 11.4. The Kier molecular flexibility index (Phi) is 6.64. The van der Waals surface area contributed by atoms with Crippen LogP contribution >= 0.6 is 0 Å². The number of hydrogen-bond acceptors (Lipinski definition) is 4. The molecule has 0 heterocycles. The van der Waals surface area contributed by atoms with Crippen molar-refractivity contribution in [3.63, 3.8) is 0 Å². The molecule has 5 nitrogen and oxygen atoms in total. The number of hydrogen-bond donors (Lipinski definition) is 1. The van der Waals surface area contributed by atoms with E-state index in [-0.39, 0.29) is 18.7 Å². The normalized spacial score (nSPS) is 9.50. The maximum Gasteiger partial charge on any atom is 0.222 e. The highest BCUT2D eigenvalue weighted by Crippen LogP contribution is 2.10. The van der Waals surface area contributed by atoms with Crippen molar-refractivity contribution < 1.29 is 4.79 Å². The monoisotopic (exact) mass is 270 g/mol. The molecular formula is C15H18N4O. The first-order valence-electron chi connectivity index (χ1n) is 6.53. The summed E-state index contributed by atoms with van der Waals surface area (Å²) in [5.74, 6) is -0.0297. The second-order valence-electron chi connectivity index (χ2n) is 4.44. The van der Waals surface area contributed by atoms with Crippen molar-refractivity contribution in [3.8, 4) is 12.1 Å². The number of benzene rings is 1. The molecule has 104 valence electrons. The molecule has 1 amide bonds. The van der Waals surface area contributed by atoms with Crippen molar-refractivity contribution in [1.29, 1.82) is 10.5 Å². The lowest BCUT2D eigenvalue weighted by Gasteiger charge is -2.20. The van der Waals surface area contributed by atoms with Crippen molar-refractivity contribution in [1.82, 2.24) is 4.90 Å². The molecule has 0 aromatic heterocycles. The molecule has 0 unspecified atom stereocenters. The summed E-state index contributed by atoms with van der Waals surface area (Å²) in [5, 5.41) is 17.2. The third-order valence-electron chi connectivity index (χ3n) is 2.92. The fraction of sp³-hybridized carbons (Fsp3) is 0.400. The quantitative estimate of drug-likeness (QED) is 0.765. The SMILES string of the molecule is N#CCCN(CCC#N)C(=O)CCc1cccc(N)c1. The molecule has 0 aliphatic rings. The van der Waals surface area contributed by atoms with Gasteiger partial charge in [-0.3, -0.25) is 4.79 Å². The summed E-state index contributed by atoms with van der Waals surface area (Å²) in [6, 6.07) is 11.5. The number of amides is 1. The summed E-state index contributed by atoms with van der Waals surface area (Å²) in [6.07, 6.45) is 1.55. The van der Waals surface area contributed by atoms with Gasteiger partial charge in [0.1, 0.15) is 0 Å². The van der Waals surface area contributed by atoms with Crippen molar-refractivity contribution in [2.75, 3.05) is 18.8 Å². The van der Waals surface area contributed by atoms with E-state index < -0.39 is 0 Å². The lowest BCUT2D eigenvalue weighted by Crippen LogP contribution is -2.32. The van der Waals surface area contributed by atoms with E-state index in [2.05, 4.69) is 0 Å². The predicted molar refractivity (Wildman–Crippen MR) is 76.2 cm³/mol. The van der Waals surface area contributed by atoms with Gasteiger partial charge in [0.05, 0.1) is 25.0 Å². The Balaban J connectivity index is 2.53. The van der Waals surface area contributed by atoms with Crippen LogP contribution in [0.2, 0.25) is 0 Å². The summed E-state index contributed by atoms with van der Waals surface area (Å²) in [5.41, 5.74) is 7.38. The second-order valence-corrected chi connectivity index (χ2v) is 4.44. The van der Waals surface area contributed by atoms with E-state index in [1.165, 1.54) is 0 Å². The molecule has 20 heavy (non-hydrogen) atoms. The predicted octanol–water partition coefficient (Wildman–Crippen LogP) is 1.86. The molecule has 2 N–H and O–H groups in total. The van der Waals surface area contributed by atoms with Crippen LogP contribution in [0.3, 0.4) is 0 Å². The average Bonchev–Trinajstić information content (AvgIpc) is 2.45. The Morgan fingerprint density at radius 2 is 1.85 bits per heavy atom. The number of nitriles is 2. The zero-order valence-corrected chi connectivity index (χ0v) is 11.4. The minimum absolute atomic E-state index is 0.0297. The molecule has 0 aliphatic heterocycles. The Morgan fingerprint density at radius 3 is 2.40 bits per heavy atom. The van der Waals surface area contributed by atoms with Gasteiger partial charge in [0.25, 0.3) is 0 Å². The second kappa shape index (κ2) is 8.55. The van der Waals surface area contributed by atoms with Gasteiger partial charge in [-0.15, -0.1) is 0 Å². The number of nitrogens with two attached hydrogens (primary N) is 1. The minimum Gasteiger partial charge on any atom is -0.399 e. The third-order valence-corrected chi connectivity index (χ3v) is 2.92. The smallest absolute Gasteiger partial charge is 0.222 e. The Labute approximate surface area is 119 Å². The molecule has 0 fully saturated rings. The van der Waals surface area contributed by atoms with Crippen LogP contribution in [0.1, 0.15) is 24.8 Å². The molecule has 0 atom stereocenters. The molecule has 0 aliphatic carbocycles. The van der Waals surface area contributed by atoms with Gasteiger partial charge in [-0.2, -0.15) is 10.5 Å². The van der Waals surface area contributed by atoms with Crippen molar-refractivity contribution in [2.45, 2.75) is 25.7 Å². The van der Waals surface area contributed by atoms with Crippen LogP contribution < -0.4 is 5.73 Å². The van der Waals surface area contributed by atoms with Crippen LogP contribution in [-0.4, -0.2) is 23.9 Å². The number of carbonyl (C=O) groups excluding carboxylic acids is 1. The van der Waals surface area contributed by atoms with Crippen LogP contribution in [0.25, 0.3) is 0 Å². The molecule has 1 aromatic carbocycles. The highest BCUT2D eigenvalue weighted by Gasteiger charge is 2.12. The number of anilines is 1. The van der Waals surface area contributed by atoms with Gasteiger partial charge < -0.3 is 10.6 Å². The van der Waals surface area contributed by atoms with Gasteiger partial charge in [0, 0.05) is 25.2 Å². The summed E-state index contributed by atoms with van der Waals surface area (Å²) < 4.78 is 0. The Hall–Kier alpha value is -2.53. The van der Waals surface area contributed by atoms with E-state index in [4.69, 9.17) is 16.3 Å². The van der Waals surface area contributed by atoms with E-state index in [0.717, 1.165) is 5.56 Å². The zero-order chi connectivity index (χ0) is 14.8. The largest absolute Gasteiger partial charge is 0.399 e. The number of nitrogens with zero attached hydrogens (tertiary/aromatic N) is 3. The van der Waals surface area contributed by atoms with Crippen molar-refractivity contribution in [3.05, 3.63) is 29.8 Å². The van der Waals surface area contributed by atoms with Crippen LogP contribution in [0, 0.1) is 22.7 Å². The van der Waals surface area contributed by atoms with E-state index >= 15 is 0 Å². The lowest BCUT2D eigenvalue weighted by molar-refractivity contribution is -0.131. The summed E-state index contributed by atoms with van der Waals surface area (Å²) in [7, 11) is 0. The summed E-state index contributed by atoms with van der Waals surface area (Å²) >= 11 is 0. The molecule has 0 radical (unpaired) electrons.